The van der Waals surface area contributed by atoms with Gasteiger partial charge in [-0.05, 0) is 35.2 Å². The molecule has 0 unspecified atom stereocenters. The molecule has 1 aromatic carbocycles. The second kappa shape index (κ2) is 6.17. The Hall–Kier alpha value is -2.12. The van der Waals surface area contributed by atoms with Crippen LogP contribution in [0.4, 0.5) is 0 Å². The van der Waals surface area contributed by atoms with Gasteiger partial charge in [0.15, 0.2) is 0 Å². The first-order chi connectivity index (χ1) is 10.6. The Kier molecular flexibility index (Phi) is 4.63. The predicted octanol–water partition coefficient (Wildman–Crippen LogP) is 1.95. The predicted molar refractivity (Wildman–Crippen MR) is 88.3 cm³/mol. The largest absolute Gasteiger partial charge is 0.347 e. The summed E-state index contributed by atoms with van der Waals surface area (Å²) in [6.07, 6.45) is 1.70. The summed E-state index contributed by atoms with van der Waals surface area (Å²) in [5.74, 6) is -0.521. The fourth-order valence-electron chi connectivity index (χ4n) is 2.07. The first kappa shape index (κ1) is 17.2. The maximum Gasteiger partial charge on any atom is 0.282 e. The normalized spacial score (nSPS) is 12.2. The number of hydrazine groups is 1. The zero-order chi connectivity index (χ0) is 17.3. The van der Waals surface area contributed by atoms with E-state index < -0.39 is 15.9 Å². The van der Waals surface area contributed by atoms with Crippen LogP contribution >= 0.6 is 0 Å². The number of rotatable bonds is 4. The molecule has 0 aliphatic heterocycles. The van der Waals surface area contributed by atoms with Gasteiger partial charge < -0.3 is 4.57 Å². The zero-order valence-electron chi connectivity index (χ0n) is 13.6. The van der Waals surface area contributed by atoms with Gasteiger partial charge >= 0.3 is 0 Å². The molecule has 6 nitrogen and oxygen atoms in total. The van der Waals surface area contributed by atoms with E-state index >= 15 is 0 Å². The van der Waals surface area contributed by atoms with E-state index in [0.29, 0.717) is 5.69 Å². The van der Waals surface area contributed by atoms with E-state index in [4.69, 9.17) is 0 Å². The molecule has 0 radical (unpaired) electrons. The number of nitrogens with zero attached hydrogens (tertiary/aromatic N) is 1. The van der Waals surface area contributed by atoms with Crippen molar-refractivity contribution in [1.82, 2.24) is 14.8 Å². The van der Waals surface area contributed by atoms with E-state index in [1.165, 1.54) is 12.1 Å². The van der Waals surface area contributed by atoms with Crippen LogP contribution in [0.5, 0.6) is 0 Å². The van der Waals surface area contributed by atoms with E-state index in [1.54, 1.807) is 42.1 Å². The third-order valence-electron chi connectivity index (χ3n) is 3.51. The van der Waals surface area contributed by atoms with Gasteiger partial charge in [0.2, 0.25) is 0 Å². The van der Waals surface area contributed by atoms with E-state index in [-0.39, 0.29) is 10.3 Å². The van der Waals surface area contributed by atoms with Crippen LogP contribution in [0.1, 0.15) is 36.8 Å². The van der Waals surface area contributed by atoms with Gasteiger partial charge in [0.1, 0.15) is 5.69 Å². The number of amides is 1. The van der Waals surface area contributed by atoms with Gasteiger partial charge in [0.05, 0.1) is 4.90 Å². The molecule has 23 heavy (non-hydrogen) atoms. The van der Waals surface area contributed by atoms with Crippen molar-refractivity contribution >= 4 is 15.9 Å². The molecule has 0 spiro atoms. The molecule has 124 valence electrons. The number of carbonyl (C=O) groups is 1. The Bertz CT molecular complexity index is 800. The van der Waals surface area contributed by atoms with Crippen LogP contribution in [-0.2, 0) is 22.5 Å². The van der Waals surface area contributed by atoms with E-state index in [9.17, 15) is 13.2 Å². The first-order valence-electron chi connectivity index (χ1n) is 7.15. The number of aromatic nitrogens is 1. The second-order valence-electron chi connectivity index (χ2n) is 6.34. The number of sulfonamides is 1. The van der Waals surface area contributed by atoms with Crippen LogP contribution in [0.25, 0.3) is 0 Å². The van der Waals surface area contributed by atoms with Crippen LogP contribution in [0.3, 0.4) is 0 Å². The third-order valence-corrected chi connectivity index (χ3v) is 4.77. The SMILES string of the molecule is Cn1cccc1C(=O)NNS(=O)(=O)c1ccc(C(C)(C)C)cc1. The van der Waals surface area contributed by atoms with Crippen molar-refractivity contribution in [3.63, 3.8) is 0 Å². The molecule has 1 aromatic heterocycles. The van der Waals surface area contributed by atoms with Gasteiger partial charge in [-0.2, -0.15) is 0 Å². The molecule has 2 N–H and O–H groups in total. The summed E-state index contributed by atoms with van der Waals surface area (Å²) in [6.45, 7) is 6.15. The molecule has 0 bridgehead atoms. The monoisotopic (exact) mass is 335 g/mol. The van der Waals surface area contributed by atoms with Crippen molar-refractivity contribution in [3.05, 3.63) is 53.9 Å². The van der Waals surface area contributed by atoms with Gasteiger partial charge in [-0.3, -0.25) is 10.2 Å². The van der Waals surface area contributed by atoms with Gasteiger partial charge in [-0.15, -0.1) is 4.83 Å². The lowest BCUT2D eigenvalue weighted by Crippen LogP contribution is -2.42. The topological polar surface area (TPSA) is 80.2 Å². The minimum atomic E-state index is -3.81. The highest BCUT2D eigenvalue weighted by Gasteiger charge is 2.19. The molecule has 2 aromatic rings. The summed E-state index contributed by atoms with van der Waals surface area (Å²) >= 11 is 0. The quantitative estimate of drug-likeness (QED) is 0.838. The lowest BCUT2D eigenvalue weighted by Gasteiger charge is -2.19. The average Bonchev–Trinajstić information content (AvgIpc) is 2.90. The molecule has 0 saturated carbocycles. The molecule has 2 rings (SSSR count). The summed E-state index contributed by atoms with van der Waals surface area (Å²) in [7, 11) is -2.11. The summed E-state index contributed by atoms with van der Waals surface area (Å²) in [5.41, 5.74) is 3.54. The van der Waals surface area contributed by atoms with Crippen LogP contribution in [0.15, 0.2) is 47.5 Å². The van der Waals surface area contributed by atoms with Crippen LogP contribution in [0.2, 0.25) is 0 Å². The molecule has 0 aliphatic carbocycles. The van der Waals surface area contributed by atoms with E-state index in [0.717, 1.165) is 5.56 Å². The number of carbonyl (C=O) groups excluding carboxylic acids is 1. The molecule has 0 aliphatic rings. The molecule has 0 atom stereocenters. The van der Waals surface area contributed by atoms with Gasteiger partial charge in [0, 0.05) is 13.2 Å². The minimum Gasteiger partial charge on any atom is -0.347 e. The molecular weight excluding hydrogens is 314 g/mol. The number of benzene rings is 1. The number of hydrogen-bond donors (Lipinski definition) is 2. The van der Waals surface area contributed by atoms with Gasteiger partial charge in [-0.1, -0.05) is 32.9 Å². The summed E-state index contributed by atoms with van der Waals surface area (Å²) in [6, 6.07) is 9.90. The van der Waals surface area contributed by atoms with Crippen LogP contribution in [-0.4, -0.2) is 18.9 Å². The minimum absolute atomic E-state index is 0.0591. The third kappa shape index (κ3) is 4.00. The number of hydrogen-bond acceptors (Lipinski definition) is 3. The highest BCUT2D eigenvalue weighted by Crippen LogP contribution is 2.23. The van der Waals surface area contributed by atoms with Crippen molar-refractivity contribution in [2.24, 2.45) is 7.05 Å². The van der Waals surface area contributed by atoms with Gasteiger partial charge in [-0.25, -0.2) is 8.42 Å². The Morgan fingerprint density at radius 1 is 1.09 bits per heavy atom. The smallest absolute Gasteiger partial charge is 0.282 e. The summed E-state index contributed by atoms with van der Waals surface area (Å²) in [5, 5.41) is 0. The lowest BCUT2D eigenvalue weighted by molar-refractivity contribution is 0.0937. The molecule has 1 heterocycles. The zero-order valence-corrected chi connectivity index (χ0v) is 14.4. The first-order valence-corrected chi connectivity index (χ1v) is 8.63. The Morgan fingerprint density at radius 3 is 2.17 bits per heavy atom. The second-order valence-corrected chi connectivity index (χ2v) is 8.02. The average molecular weight is 335 g/mol. The molecule has 1 amide bonds. The highest BCUT2D eigenvalue weighted by molar-refractivity contribution is 7.89. The molecule has 0 saturated heterocycles. The summed E-state index contributed by atoms with van der Waals surface area (Å²) in [4.78, 5) is 14.1. The highest BCUT2D eigenvalue weighted by atomic mass is 32.2. The Morgan fingerprint density at radius 2 is 1.70 bits per heavy atom. The van der Waals surface area contributed by atoms with Crippen molar-refractivity contribution in [3.8, 4) is 0 Å². The van der Waals surface area contributed by atoms with Crippen molar-refractivity contribution < 1.29 is 13.2 Å². The Balaban J connectivity index is 2.10. The fourth-order valence-corrected chi connectivity index (χ4v) is 2.91. The van der Waals surface area contributed by atoms with Crippen LogP contribution in [0, 0.1) is 0 Å². The van der Waals surface area contributed by atoms with Crippen molar-refractivity contribution in [1.29, 1.82) is 0 Å². The van der Waals surface area contributed by atoms with Gasteiger partial charge in [0.25, 0.3) is 15.9 Å². The lowest BCUT2D eigenvalue weighted by atomic mass is 9.87. The van der Waals surface area contributed by atoms with Crippen molar-refractivity contribution in [2.75, 3.05) is 0 Å². The fraction of sp³-hybridized carbons (Fsp3) is 0.312. The van der Waals surface area contributed by atoms with Crippen LogP contribution < -0.4 is 10.3 Å². The van der Waals surface area contributed by atoms with E-state index in [1.807, 2.05) is 0 Å². The van der Waals surface area contributed by atoms with E-state index in [2.05, 4.69) is 31.0 Å². The molecule has 7 heteroatoms. The Labute approximate surface area is 136 Å². The molecule has 0 fully saturated rings. The summed E-state index contributed by atoms with van der Waals surface area (Å²) < 4.78 is 26.0. The number of nitrogens with one attached hydrogen (secondary N) is 2. The van der Waals surface area contributed by atoms with Crippen molar-refractivity contribution in [2.45, 2.75) is 31.1 Å². The molecular formula is C16H21N3O3S. The standard InChI is InChI=1S/C16H21N3O3S/c1-16(2,3)12-7-9-13(10-8-12)23(21,22)18-17-15(20)14-6-5-11-19(14)4/h5-11,18H,1-4H3,(H,17,20). The maximum atomic E-state index is 12.2. The maximum absolute atomic E-state index is 12.2. The number of aryl methyl sites for hydroxylation is 1.